The number of nitrogens with one attached hydrogen (secondary N) is 1. The van der Waals surface area contributed by atoms with Crippen LogP contribution in [0.3, 0.4) is 0 Å². The molecule has 0 heterocycles. The summed E-state index contributed by atoms with van der Waals surface area (Å²) in [6.45, 7) is -1.77. The minimum absolute atomic E-state index is 0.153. The maximum atomic E-state index is 13.5. The molecule has 1 saturated carbocycles. The molecule has 21 heavy (non-hydrogen) atoms. The van der Waals surface area contributed by atoms with Crippen molar-refractivity contribution < 1.29 is 22.6 Å². The van der Waals surface area contributed by atoms with Crippen molar-refractivity contribution in [3.63, 3.8) is 0 Å². The molecule has 0 spiro atoms. The lowest BCUT2D eigenvalue weighted by Gasteiger charge is -2.18. The van der Waals surface area contributed by atoms with Gasteiger partial charge >= 0.3 is 6.61 Å². The molecule has 1 aromatic carbocycles. The molecule has 0 bridgehead atoms. The van der Waals surface area contributed by atoms with E-state index in [-0.39, 0.29) is 11.1 Å². The largest absolute Gasteiger partial charge is 0.432 e. The van der Waals surface area contributed by atoms with Crippen molar-refractivity contribution in [2.45, 2.75) is 25.9 Å². The first kappa shape index (κ1) is 15.8. The van der Waals surface area contributed by atoms with E-state index in [1.807, 2.05) is 0 Å². The van der Waals surface area contributed by atoms with Crippen molar-refractivity contribution in [1.82, 2.24) is 0 Å². The molecule has 0 atom stereocenters. The average Bonchev–Trinajstić information content (AvgIpc) is 3.18. The summed E-state index contributed by atoms with van der Waals surface area (Å²) in [6.07, 6.45) is 3.06. The van der Waals surface area contributed by atoms with E-state index in [4.69, 9.17) is 10.5 Å². The van der Waals surface area contributed by atoms with Gasteiger partial charge in [0.1, 0.15) is 0 Å². The van der Waals surface area contributed by atoms with Gasteiger partial charge < -0.3 is 20.5 Å². The van der Waals surface area contributed by atoms with Gasteiger partial charge in [-0.3, -0.25) is 0 Å². The number of nitrogens with two attached hydrogens (primary N) is 1. The lowest BCUT2D eigenvalue weighted by atomic mass is 10.0. The highest BCUT2D eigenvalue weighted by atomic mass is 19.3. The molecule has 0 amide bonds. The Balaban J connectivity index is 2.02. The number of alkyl halides is 2. The van der Waals surface area contributed by atoms with Crippen molar-refractivity contribution in [3.8, 4) is 5.75 Å². The van der Waals surface area contributed by atoms with Gasteiger partial charge in [0.25, 0.3) is 0 Å². The second kappa shape index (κ2) is 6.43. The number of methoxy groups -OCH3 is 1. The predicted molar refractivity (Wildman–Crippen MR) is 74.1 cm³/mol. The zero-order valence-electron chi connectivity index (χ0n) is 11.8. The molecule has 0 aliphatic heterocycles. The number of anilines is 2. The van der Waals surface area contributed by atoms with Crippen molar-refractivity contribution >= 4 is 11.4 Å². The van der Waals surface area contributed by atoms with Gasteiger partial charge in [0.2, 0.25) is 0 Å². The third-order valence-electron chi connectivity index (χ3n) is 3.77. The van der Waals surface area contributed by atoms with Gasteiger partial charge in [-0.1, -0.05) is 0 Å². The van der Waals surface area contributed by atoms with Gasteiger partial charge in [-0.2, -0.15) is 8.78 Å². The minimum atomic E-state index is -3.08. The van der Waals surface area contributed by atoms with E-state index in [2.05, 4.69) is 10.1 Å². The molecule has 118 valence electrons. The maximum absolute atomic E-state index is 13.5. The fraction of sp³-hybridized carbons (Fsp3) is 0.571. The molecule has 1 fully saturated rings. The van der Waals surface area contributed by atoms with Gasteiger partial charge in [-0.05, 0) is 24.7 Å². The summed E-state index contributed by atoms with van der Waals surface area (Å²) in [7, 11) is 1.65. The zero-order chi connectivity index (χ0) is 15.5. The van der Waals surface area contributed by atoms with Crippen molar-refractivity contribution in [2.75, 3.05) is 31.3 Å². The molecule has 0 radical (unpaired) electrons. The van der Waals surface area contributed by atoms with Gasteiger partial charge in [-0.15, -0.1) is 0 Å². The smallest absolute Gasteiger partial charge is 0.387 e. The van der Waals surface area contributed by atoms with E-state index in [0.717, 1.165) is 25.3 Å². The van der Waals surface area contributed by atoms with Crippen LogP contribution in [-0.4, -0.2) is 26.9 Å². The van der Waals surface area contributed by atoms with Crippen LogP contribution in [0.15, 0.2) is 12.1 Å². The van der Waals surface area contributed by atoms with E-state index in [1.165, 1.54) is 6.07 Å². The molecule has 7 heteroatoms. The van der Waals surface area contributed by atoms with Crippen LogP contribution in [0.5, 0.6) is 5.75 Å². The number of ether oxygens (including phenoxy) is 2. The molecule has 0 aromatic heterocycles. The number of benzene rings is 1. The molecule has 2 rings (SSSR count). The Morgan fingerprint density at radius 1 is 1.38 bits per heavy atom. The van der Waals surface area contributed by atoms with Crippen LogP contribution >= 0.6 is 0 Å². The quantitative estimate of drug-likeness (QED) is 0.724. The highest BCUT2D eigenvalue weighted by molar-refractivity contribution is 5.68. The highest BCUT2D eigenvalue weighted by Crippen LogP contribution is 2.49. The van der Waals surface area contributed by atoms with Crippen molar-refractivity contribution in [2.24, 2.45) is 5.41 Å². The van der Waals surface area contributed by atoms with Gasteiger partial charge in [0.05, 0.1) is 11.4 Å². The average molecular weight is 304 g/mol. The van der Waals surface area contributed by atoms with Crippen LogP contribution in [0.2, 0.25) is 0 Å². The van der Waals surface area contributed by atoms with Crippen LogP contribution in [-0.2, 0) is 4.74 Å². The lowest BCUT2D eigenvalue weighted by Crippen LogP contribution is -2.18. The van der Waals surface area contributed by atoms with Crippen LogP contribution in [0, 0.1) is 11.2 Å². The third-order valence-corrected chi connectivity index (χ3v) is 3.77. The van der Waals surface area contributed by atoms with E-state index in [9.17, 15) is 13.2 Å². The van der Waals surface area contributed by atoms with Crippen molar-refractivity contribution in [3.05, 3.63) is 17.9 Å². The molecule has 1 aromatic rings. The van der Waals surface area contributed by atoms with Crippen LogP contribution in [0.25, 0.3) is 0 Å². The Hall–Kier alpha value is -1.63. The summed E-state index contributed by atoms with van der Waals surface area (Å²) >= 11 is 0. The Bertz CT molecular complexity index is 493. The first-order valence-electron chi connectivity index (χ1n) is 6.72. The van der Waals surface area contributed by atoms with Crippen LogP contribution in [0.4, 0.5) is 24.5 Å². The summed E-state index contributed by atoms with van der Waals surface area (Å²) in [6, 6.07) is 2.15. The summed E-state index contributed by atoms with van der Waals surface area (Å²) in [5, 5.41) is 3.09. The van der Waals surface area contributed by atoms with E-state index in [0.29, 0.717) is 18.8 Å². The Morgan fingerprint density at radius 2 is 2.10 bits per heavy atom. The van der Waals surface area contributed by atoms with Gasteiger partial charge in [0, 0.05) is 32.4 Å². The molecular formula is C14H19F3N2O2. The zero-order valence-corrected chi connectivity index (χ0v) is 11.8. The van der Waals surface area contributed by atoms with E-state index < -0.39 is 18.2 Å². The normalized spacial score (nSPS) is 16.0. The summed E-state index contributed by atoms with van der Waals surface area (Å²) < 4.78 is 47.1. The number of hydrogen-bond donors (Lipinski definition) is 2. The number of halogens is 3. The summed E-state index contributed by atoms with van der Waals surface area (Å²) in [5.41, 5.74) is 6.42. The van der Waals surface area contributed by atoms with Crippen LogP contribution < -0.4 is 15.8 Å². The predicted octanol–water partition coefficient (Wildman–Crippen LogP) is 3.24. The van der Waals surface area contributed by atoms with Crippen LogP contribution in [0.1, 0.15) is 19.3 Å². The summed E-state index contributed by atoms with van der Waals surface area (Å²) in [4.78, 5) is 0. The number of rotatable bonds is 8. The first-order valence-corrected chi connectivity index (χ1v) is 6.72. The second-order valence-corrected chi connectivity index (χ2v) is 5.34. The highest BCUT2D eigenvalue weighted by Gasteiger charge is 2.41. The fourth-order valence-electron chi connectivity index (χ4n) is 2.20. The molecule has 4 nitrogen and oxygen atoms in total. The molecule has 1 aliphatic carbocycles. The monoisotopic (exact) mass is 304 g/mol. The first-order chi connectivity index (χ1) is 9.96. The van der Waals surface area contributed by atoms with Gasteiger partial charge in [0.15, 0.2) is 11.6 Å². The molecule has 0 unspecified atom stereocenters. The lowest BCUT2D eigenvalue weighted by molar-refractivity contribution is -0.0521. The van der Waals surface area contributed by atoms with Crippen molar-refractivity contribution in [1.29, 1.82) is 0 Å². The summed E-state index contributed by atoms with van der Waals surface area (Å²) in [5.74, 6) is -1.41. The van der Waals surface area contributed by atoms with E-state index >= 15 is 0 Å². The molecule has 0 saturated heterocycles. The number of hydrogen-bond acceptors (Lipinski definition) is 4. The van der Waals surface area contributed by atoms with E-state index in [1.54, 1.807) is 7.11 Å². The van der Waals surface area contributed by atoms with Gasteiger partial charge in [-0.25, -0.2) is 4.39 Å². The Labute approximate surface area is 121 Å². The number of nitrogen functional groups attached to an aromatic ring is 1. The SMILES string of the molecule is COCCC1(CNc2cc(OC(F)F)c(F)cc2N)CC1. The third kappa shape index (κ3) is 4.17. The molecular weight excluding hydrogens is 285 g/mol. The minimum Gasteiger partial charge on any atom is -0.432 e. The Kier molecular flexibility index (Phi) is 4.82. The maximum Gasteiger partial charge on any atom is 0.387 e. The topological polar surface area (TPSA) is 56.5 Å². The fourth-order valence-corrected chi connectivity index (χ4v) is 2.20. The molecule has 1 aliphatic rings. The second-order valence-electron chi connectivity index (χ2n) is 5.34. The standard InChI is InChI=1S/C14H19F3N2O2/c1-20-5-4-14(2-3-14)8-19-11-7-12(21-13(16)17)9(15)6-10(11)18/h6-7,13,19H,2-5,8,18H2,1H3. The molecule has 3 N–H and O–H groups in total. The Morgan fingerprint density at radius 3 is 2.67 bits per heavy atom.